The Hall–Kier alpha value is -1.60. The minimum Gasteiger partial charge on any atom is -0.393 e. The lowest BCUT2D eigenvalue weighted by Crippen LogP contribution is -2.40. The molecular formula is C14H17F3N2O2. The van der Waals surface area contributed by atoms with E-state index in [1.807, 2.05) is 0 Å². The van der Waals surface area contributed by atoms with Gasteiger partial charge in [-0.1, -0.05) is 0 Å². The van der Waals surface area contributed by atoms with Crippen molar-refractivity contribution in [3.05, 3.63) is 29.6 Å². The zero-order valence-electron chi connectivity index (χ0n) is 11.6. The van der Waals surface area contributed by atoms with Gasteiger partial charge in [0.15, 0.2) is 17.5 Å². The Bertz CT molecular complexity index is 533. The second-order valence-corrected chi connectivity index (χ2v) is 5.46. The number of nitrogens with one attached hydrogen (secondary N) is 1. The molecule has 0 heterocycles. The molecule has 0 unspecified atom stereocenters. The Morgan fingerprint density at radius 1 is 1.33 bits per heavy atom. The smallest absolute Gasteiger partial charge is 0.238 e. The second-order valence-electron chi connectivity index (χ2n) is 5.46. The van der Waals surface area contributed by atoms with Gasteiger partial charge in [0.25, 0.3) is 0 Å². The number of carbonyl (C=O) groups is 1. The fourth-order valence-corrected chi connectivity index (χ4v) is 2.41. The number of aliphatic hydroxyl groups excluding tert-OH is 1. The number of hydrogen-bond donors (Lipinski definition) is 2. The van der Waals surface area contributed by atoms with Gasteiger partial charge in [0, 0.05) is 6.54 Å². The maximum Gasteiger partial charge on any atom is 0.238 e. The molecule has 2 N–H and O–H groups in total. The Labute approximate surface area is 120 Å². The van der Waals surface area contributed by atoms with Crippen molar-refractivity contribution in [2.45, 2.75) is 18.9 Å². The lowest BCUT2D eigenvalue weighted by Gasteiger charge is -2.34. The van der Waals surface area contributed by atoms with E-state index in [4.69, 9.17) is 0 Å². The molecule has 0 aliphatic heterocycles. The summed E-state index contributed by atoms with van der Waals surface area (Å²) < 4.78 is 39.2. The number of halogens is 3. The van der Waals surface area contributed by atoms with Gasteiger partial charge in [0.05, 0.1) is 18.3 Å². The summed E-state index contributed by atoms with van der Waals surface area (Å²) in [5.74, 6) is -4.48. The second kappa shape index (κ2) is 6.44. The molecule has 1 fully saturated rings. The number of hydrogen-bond acceptors (Lipinski definition) is 3. The normalized spacial score (nSPS) is 21.2. The molecule has 21 heavy (non-hydrogen) atoms. The van der Waals surface area contributed by atoms with E-state index < -0.39 is 23.4 Å². The number of rotatable bonds is 5. The summed E-state index contributed by atoms with van der Waals surface area (Å²) in [6, 6.07) is 1.74. The first-order valence-electron chi connectivity index (χ1n) is 6.66. The van der Waals surface area contributed by atoms with Gasteiger partial charge < -0.3 is 10.4 Å². The van der Waals surface area contributed by atoms with Crippen LogP contribution in [0.5, 0.6) is 0 Å². The molecule has 1 aromatic carbocycles. The van der Waals surface area contributed by atoms with E-state index in [1.54, 1.807) is 11.9 Å². The first kappa shape index (κ1) is 15.8. The molecule has 1 aliphatic rings. The van der Waals surface area contributed by atoms with Gasteiger partial charge in [-0.3, -0.25) is 9.69 Å². The highest BCUT2D eigenvalue weighted by Gasteiger charge is 2.28. The van der Waals surface area contributed by atoms with Crippen molar-refractivity contribution in [2.75, 3.05) is 25.5 Å². The lowest BCUT2D eigenvalue weighted by atomic mass is 9.82. The average Bonchev–Trinajstić information content (AvgIpc) is 2.37. The summed E-state index contributed by atoms with van der Waals surface area (Å²) >= 11 is 0. The standard InChI is InChI=1S/C14H17F3N2O2/c1-19(6-8-4-9(20)5-8)7-12(21)18-11-3-2-10(15)13(16)14(11)17/h2-3,8-9,20H,4-7H2,1H3,(H,18,21). The highest BCUT2D eigenvalue weighted by molar-refractivity contribution is 5.92. The van der Waals surface area contributed by atoms with Gasteiger partial charge in [-0.2, -0.15) is 0 Å². The number of amides is 1. The molecule has 1 aliphatic carbocycles. The first-order valence-corrected chi connectivity index (χ1v) is 6.66. The van der Waals surface area contributed by atoms with E-state index in [9.17, 15) is 23.1 Å². The van der Waals surface area contributed by atoms with Crippen molar-refractivity contribution >= 4 is 11.6 Å². The van der Waals surface area contributed by atoms with Crippen LogP contribution in [0.4, 0.5) is 18.9 Å². The molecule has 116 valence electrons. The summed E-state index contributed by atoms with van der Waals surface area (Å²) in [6.07, 6.45) is 1.17. The Morgan fingerprint density at radius 2 is 2.00 bits per heavy atom. The summed E-state index contributed by atoms with van der Waals surface area (Å²) in [5, 5.41) is 11.4. The third-order valence-corrected chi connectivity index (χ3v) is 3.50. The molecule has 1 aromatic rings. The summed E-state index contributed by atoms with van der Waals surface area (Å²) in [5.41, 5.74) is -0.383. The van der Waals surface area contributed by atoms with Gasteiger partial charge in [-0.15, -0.1) is 0 Å². The van der Waals surface area contributed by atoms with Crippen molar-refractivity contribution in [1.82, 2.24) is 4.90 Å². The molecule has 2 rings (SSSR count). The topological polar surface area (TPSA) is 52.6 Å². The molecule has 4 nitrogen and oxygen atoms in total. The lowest BCUT2D eigenvalue weighted by molar-refractivity contribution is -0.117. The SMILES string of the molecule is CN(CC(=O)Nc1ccc(F)c(F)c1F)CC1CC(O)C1. The van der Waals surface area contributed by atoms with Gasteiger partial charge in [0.1, 0.15) is 0 Å². The molecule has 0 radical (unpaired) electrons. The number of likely N-dealkylation sites (N-methyl/N-ethyl adjacent to an activating group) is 1. The highest BCUT2D eigenvalue weighted by Crippen LogP contribution is 2.27. The van der Waals surface area contributed by atoms with Crippen LogP contribution in [0.1, 0.15) is 12.8 Å². The van der Waals surface area contributed by atoms with E-state index in [0.29, 0.717) is 25.3 Å². The number of anilines is 1. The van der Waals surface area contributed by atoms with E-state index in [2.05, 4.69) is 5.32 Å². The fraction of sp³-hybridized carbons (Fsp3) is 0.500. The van der Waals surface area contributed by atoms with E-state index in [0.717, 1.165) is 12.1 Å². The van der Waals surface area contributed by atoms with Crippen molar-refractivity contribution < 1.29 is 23.1 Å². The molecule has 0 spiro atoms. The maximum atomic E-state index is 13.4. The number of nitrogens with zero attached hydrogens (tertiary/aromatic N) is 1. The zero-order chi connectivity index (χ0) is 15.6. The zero-order valence-corrected chi connectivity index (χ0v) is 11.6. The van der Waals surface area contributed by atoms with Crippen LogP contribution in [0.25, 0.3) is 0 Å². The first-order chi connectivity index (χ1) is 9.86. The van der Waals surface area contributed by atoms with Gasteiger partial charge in [-0.25, -0.2) is 13.2 Å². The van der Waals surface area contributed by atoms with Crippen LogP contribution in [0.2, 0.25) is 0 Å². The number of carbonyl (C=O) groups excluding carboxylic acids is 1. The molecule has 0 bridgehead atoms. The molecule has 7 heteroatoms. The molecule has 1 saturated carbocycles. The van der Waals surface area contributed by atoms with Crippen molar-refractivity contribution in [2.24, 2.45) is 5.92 Å². The van der Waals surface area contributed by atoms with E-state index in [1.165, 1.54) is 0 Å². The molecular weight excluding hydrogens is 285 g/mol. The Kier molecular flexibility index (Phi) is 4.84. The van der Waals surface area contributed by atoms with Crippen LogP contribution in [-0.2, 0) is 4.79 Å². The largest absolute Gasteiger partial charge is 0.393 e. The highest BCUT2D eigenvalue weighted by atomic mass is 19.2. The van der Waals surface area contributed by atoms with Crippen molar-refractivity contribution in [3.8, 4) is 0 Å². The molecule has 0 atom stereocenters. The predicted molar refractivity (Wildman–Crippen MR) is 71.2 cm³/mol. The average molecular weight is 302 g/mol. The van der Waals surface area contributed by atoms with Crippen LogP contribution in [-0.4, -0.2) is 42.2 Å². The van der Waals surface area contributed by atoms with Gasteiger partial charge >= 0.3 is 0 Å². The van der Waals surface area contributed by atoms with Crippen LogP contribution in [0.15, 0.2) is 12.1 Å². The van der Waals surface area contributed by atoms with Crippen LogP contribution >= 0.6 is 0 Å². The summed E-state index contributed by atoms with van der Waals surface area (Å²) in [6.45, 7) is 0.649. The Balaban J connectivity index is 1.85. The van der Waals surface area contributed by atoms with Crippen molar-refractivity contribution in [3.63, 3.8) is 0 Å². The monoisotopic (exact) mass is 302 g/mol. The van der Waals surface area contributed by atoms with E-state index in [-0.39, 0.29) is 18.3 Å². The number of aliphatic hydroxyl groups is 1. The molecule has 0 saturated heterocycles. The van der Waals surface area contributed by atoms with E-state index >= 15 is 0 Å². The summed E-state index contributed by atoms with van der Waals surface area (Å²) in [4.78, 5) is 13.5. The third-order valence-electron chi connectivity index (χ3n) is 3.50. The van der Waals surface area contributed by atoms with Crippen LogP contribution in [0.3, 0.4) is 0 Å². The third kappa shape index (κ3) is 3.95. The van der Waals surface area contributed by atoms with Crippen LogP contribution in [0, 0.1) is 23.4 Å². The molecule has 0 aromatic heterocycles. The molecule has 1 amide bonds. The minimum atomic E-state index is -1.61. The van der Waals surface area contributed by atoms with Gasteiger partial charge in [0.2, 0.25) is 5.91 Å². The quantitative estimate of drug-likeness (QED) is 0.815. The van der Waals surface area contributed by atoms with Gasteiger partial charge in [-0.05, 0) is 37.9 Å². The minimum absolute atomic E-state index is 0.00499. The maximum absolute atomic E-state index is 13.4. The number of benzene rings is 1. The fourth-order valence-electron chi connectivity index (χ4n) is 2.41. The van der Waals surface area contributed by atoms with Crippen LogP contribution < -0.4 is 5.32 Å². The van der Waals surface area contributed by atoms with Crippen molar-refractivity contribution in [1.29, 1.82) is 0 Å². The summed E-state index contributed by atoms with van der Waals surface area (Å²) in [7, 11) is 1.73. The predicted octanol–water partition coefficient (Wildman–Crippen LogP) is 1.75. The Morgan fingerprint density at radius 3 is 2.62 bits per heavy atom.